The van der Waals surface area contributed by atoms with Gasteiger partial charge in [-0.1, -0.05) is 0 Å². The number of H-pyrrole nitrogens is 1. The molecule has 0 aromatic carbocycles. The van der Waals surface area contributed by atoms with Crippen LogP contribution in [0.4, 0.5) is 0 Å². The number of aryl methyl sites for hydroxylation is 2. The van der Waals surface area contributed by atoms with E-state index >= 15 is 0 Å². The average Bonchev–Trinajstić information content (AvgIpc) is 2.75. The highest BCUT2D eigenvalue weighted by molar-refractivity contribution is 5.98. The Balaban J connectivity index is 2.58. The summed E-state index contributed by atoms with van der Waals surface area (Å²) in [5.41, 5.74) is 2.75. The van der Waals surface area contributed by atoms with E-state index in [9.17, 15) is 4.79 Å². The van der Waals surface area contributed by atoms with Crippen LogP contribution in [0.1, 0.15) is 28.2 Å². The van der Waals surface area contributed by atoms with Crippen LogP contribution in [-0.2, 0) is 9.47 Å². The Labute approximate surface area is 121 Å². The van der Waals surface area contributed by atoms with Gasteiger partial charge in [0, 0.05) is 50.9 Å². The smallest absolute Gasteiger partial charge is 0.178 e. The molecular weight excluding hydrogens is 256 g/mol. The maximum absolute atomic E-state index is 12.4. The first-order chi connectivity index (χ1) is 9.58. The normalized spacial score (nSPS) is 11.2. The Morgan fingerprint density at radius 3 is 2.45 bits per heavy atom. The zero-order chi connectivity index (χ0) is 15.0. The van der Waals surface area contributed by atoms with Gasteiger partial charge in [-0.3, -0.25) is 9.69 Å². The van der Waals surface area contributed by atoms with Crippen molar-refractivity contribution in [1.29, 1.82) is 0 Å². The summed E-state index contributed by atoms with van der Waals surface area (Å²) in [5.74, 6) is 0.153. The van der Waals surface area contributed by atoms with Gasteiger partial charge in [0.15, 0.2) is 5.78 Å². The molecule has 1 heterocycles. The van der Waals surface area contributed by atoms with Gasteiger partial charge in [-0.25, -0.2) is 0 Å². The molecule has 1 aromatic rings. The number of ketones is 1. The van der Waals surface area contributed by atoms with Crippen LogP contribution in [0.2, 0.25) is 0 Å². The number of hydrogen-bond donors (Lipinski definition) is 1. The van der Waals surface area contributed by atoms with Crippen molar-refractivity contribution >= 4 is 5.78 Å². The largest absolute Gasteiger partial charge is 0.385 e. The average molecular weight is 282 g/mol. The van der Waals surface area contributed by atoms with Gasteiger partial charge in [-0.15, -0.1) is 0 Å². The first-order valence-electron chi connectivity index (χ1n) is 6.98. The third-order valence-corrected chi connectivity index (χ3v) is 3.25. The number of aromatic amines is 1. The first kappa shape index (κ1) is 16.9. The molecule has 0 aliphatic carbocycles. The van der Waals surface area contributed by atoms with Crippen molar-refractivity contribution in [3.05, 3.63) is 23.0 Å². The Morgan fingerprint density at radius 1 is 1.20 bits per heavy atom. The van der Waals surface area contributed by atoms with E-state index in [1.54, 1.807) is 14.2 Å². The molecule has 0 bridgehead atoms. The molecule has 0 fully saturated rings. The van der Waals surface area contributed by atoms with E-state index in [4.69, 9.17) is 9.47 Å². The molecule has 20 heavy (non-hydrogen) atoms. The third-order valence-electron chi connectivity index (χ3n) is 3.25. The zero-order valence-electron chi connectivity index (χ0n) is 13.0. The maximum Gasteiger partial charge on any atom is 0.178 e. The van der Waals surface area contributed by atoms with Crippen LogP contribution in [0.3, 0.4) is 0 Å². The summed E-state index contributed by atoms with van der Waals surface area (Å²) >= 11 is 0. The summed E-state index contributed by atoms with van der Waals surface area (Å²) in [6, 6.07) is 1.92. The Bertz CT molecular complexity index is 415. The van der Waals surface area contributed by atoms with Gasteiger partial charge in [0.1, 0.15) is 0 Å². The van der Waals surface area contributed by atoms with Crippen molar-refractivity contribution < 1.29 is 14.3 Å². The molecule has 114 valence electrons. The van der Waals surface area contributed by atoms with Crippen LogP contribution in [0.5, 0.6) is 0 Å². The number of nitrogens with one attached hydrogen (secondary N) is 1. The van der Waals surface area contributed by atoms with E-state index in [-0.39, 0.29) is 5.78 Å². The van der Waals surface area contributed by atoms with Crippen LogP contribution < -0.4 is 0 Å². The number of carbonyl (C=O) groups is 1. The van der Waals surface area contributed by atoms with Crippen molar-refractivity contribution in [2.24, 2.45) is 0 Å². The molecular formula is C15H26N2O3. The summed E-state index contributed by atoms with van der Waals surface area (Å²) in [7, 11) is 3.37. The van der Waals surface area contributed by atoms with E-state index in [1.807, 2.05) is 19.9 Å². The molecule has 1 N–H and O–H groups in total. The number of Topliss-reactive ketones (excluding diaryl/α,β-unsaturated/α-hetero) is 1. The molecule has 0 spiro atoms. The Hall–Kier alpha value is -1.17. The number of carbonyl (C=O) groups excluding carboxylic acids is 1. The molecule has 0 amide bonds. The monoisotopic (exact) mass is 282 g/mol. The third kappa shape index (κ3) is 5.45. The Kier molecular flexibility index (Phi) is 7.51. The molecule has 0 unspecified atom stereocenters. The van der Waals surface area contributed by atoms with Gasteiger partial charge in [-0.05, 0) is 26.3 Å². The van der Waals surface area contributed by atoms with E-state index < -0.39 is 0 Å². The van der Waals surface area contributed by atoms with Crippen molar-refractivity contribution in [1.82, 2.24) is 9.88 Å². The summed E-state index contributed by atoms with van der Waals surface area (Å²) in [4.78, 5) is 17.6. The minimum absolute atomic E-state index is 0.153. The molecule has 0 radical (unpaired) electrons. The van der Waals surface area contributed by atoms with Gasteiger partial charge < -0.3 is 14.5 Å². The number of rotatable bonds is 10. The number of aromatic nitrogens is 1. The second kappa shape index (κ2) is 8.89. The van der Waals surface area contributed by atoms with Gasteiger partial charge in [-0.2, -0.15) is 0 Å². The van der Waals surface area contributed by atoms with Crippen LogP contribution in [0.15, 0.2) is 6.07 Å². The lowest BCUT2D eigenvalue weighted by atomic mass is 10.1. The molecule has 0 saturated carbocycles. The van der Waals surface area contributed by atoms with Crippen molar-refractivity contribution in [2.45, 2.75) is 20.3 Å². The number of ether oxygens (including phenoxy) is 2. The lowest BCUT2D eigenvalue weighted by molar-refractivity contribution is 0.0877. The van der Waals surface area contributed by atoms with Crippen molar-refractivity contribution in [3.63, 3.8) is 0 Å². The van der Waals surface area contributed by atoms with Gasteiger partial charge in [0.2, 0.25) is 0 Å². The predicted octanol–water partition coefficient (Wildman–Crippen LogP) is 1.80. The molecule has 0 saturated heterocycles. The van der Waals surface area contributed by atoms with Gasteiger partial charge in [0.05, 0.1) is 13.2 Å². The summed E-state index contributed by atoms with van der Waals surface area (Å²) in [6.45, 7) is 7.26. The molecule has 5 nitrogen and oxygen atoms in total. The van der Waals surface area contributed by atoms with Gasteiger partial charge >= 0.3 is 0 Å². The second-order valence-electron chi connectivity index (χ2n) is 5.03. The van der Waals surface area contributed by atoms with Crippen LogP contribution in [0.25, 0.3) is 0 Å². The molecule has 0 atom stereocenters. The SMILES string of the molecule is COCCCN(CCOC)CC(=O)c1cc(C)[nH]c1C. The Morgan fingerprint density at radius 2 is 1.90 bits per heavy atom. The highest BCUT2D eigenvalue weighted by atomic mass is 16.5. The quantitative estimate of drug-likeness (QED) is 0.525. The molecule has 0 aliphatic heterocycles. The topological polar surface area (TPSA) is 54.6 Å². The number of methoxy groups -OCH3 is 2. The minimum atomic E-state index is 0.153. The van der Waals surface area contributed by atoms with Crippen LogP contribution >= 0.6 is 0 Å². The minimum Gasteiger partial charge on any atom is -0.385 e. The van der Waals surface area contributed by atoms with E-state index in [1.165, 1.54) is 0 Å². The van der Waals surface area contributed by atoms with Crippen molar-refractivity contribution in [2.75, 3.05) is 47.1 Å². The highest BCUT2D eigenvalue weighted by Gasteiger charge is 2.15. The summed E-state index contributed by atoms with van der Waals surface area (Å²) in [5, 5.41) is 0. The van der Waals surface area contributed by atoms with Crippen LogP contribution in [0, 0.1) is 13.8 Å². The fourth-order valence-corrected chi connectivity index (χ4v) is 2.22. The molecule has 1 rings (SSSR count). The van der Waals surface area contributed by atoms with E-state index in [0.717, 1.165) is 36.5 Å². The van der Waals surface area contributed by atoms with Crippen molar-refractivity contribution in [3.8, 4) is 0 Å². The summed E-state index contributed by atoms with van der Waals surface area (Å²) in [6.07, 6.45) is 0.915. The van der Waals surface area contributed by atoms with Crippen LogP contribution in [-0.4, -0.2) is 62.7 Å². The molecule has 0 aliphatic rings. The lowest BCUT2D eigenvalue weighted by Crippen LogP contribution is -2.34. The summed E-state index contributed by atoms with van der Waals surface area (Å²) < 4.78 is 10.2. The molecule has 5 heteroatoms. The fraction of sp³-hybridized carbons (Fsp3) is 0.667. The number of hydrogen-bond acceptors (Lipinski definition) is 4. The second-order valence-corrected chi connectivity index (χ2v) is 5.03. The zero-order valence-corrected chi connectivity index (χ0v) is 13.0. The van der Waals surface area contributed by atoms with E-state index in [0.29, 0.717) is 19.8 Å². The highest BCUT2D eigenvalue weighted by Crippen LogP contribution is 2.11. The standard InChI is InChI=1S/C15H26N2O3/c1-12-10-14(13(2)16-12)15(18)11-17(7-9-20-4)6-5-8-19-3/h10,16H,5-9,11H2,1-4H3. The first-order valence-corrected chi connectivity index (χ1v) is 6.98. The van der Waals surface area contributed by atoms with E-state index in [2.05, 4.69) is 9.88 Å². The maximum atomic E-state index is 12.4. The van der Waals surface area contributed by atoms with Gasteiger partial charge in [0.25, 0.3) is 0 Å². The predicted molar refractivity (Wildman–Crippen MR) is 79.4 cm³/mol. The lowest BCUT2D eigenvalue weighted by Gasteiger charge is -2.20. The fourth-order valence-electron chi connectivity index (χ4n) is 2.22. The molecule has 1 aromatic heterocycles. The number of nitrogens with zero attached hydrogens (tertiary/aromatic N) is 1.